The maximum atomic E-state index is 10.0. The molecule has 2 atom stereocenters. The molecule has 1 N–H and O–H groups in total. The van der Waals surface area contributed by atoms with Crippen molar-refractivity contribution in [2.24, 2.45) is 0 Å². The summed E-state index contributed by atoms with van der Waals surface area (Å²) in [7, 11) is 0. The van der Waals surface area contributed by atoms with E-state index in [2.05, 4.69) is 57.1 Å². The summed E-state index contributed by atoms with van der Waals surface area (Å²) in [6.45, 7) is 18.6. The van der Waals surface area contributed by atoms with Crippen molar-refractivity contribution in [2.75, 3.05) is 29.9 Å². The molecule has 2 aliphatic rings. The molecule has 2 unspecified atom stereocenters. The summed E-state index contributed by atoms with van der Waals surface area (Å²) in [4.78, 5) is 7.23. The maximum Gasteiger partial charge on any atom is 0.146 e. The summed E-state index contributed by atoms with van der Waals surface area (Å²) in [5, 5.41) is 13.4. The van der Waals surface area contributed by atoms with Gasteiger partial charge in [-0.3, -0.25) is 0 Å². The van der Waals surface area contributed by atoms with Gasteiger partial charge in [-0.15, -0.1) is 0 Å². The third-order valence-corrected chi connectivity index (χ3v) is 5.73. The number of nitrogens with one attached hydrogen (secondary N) is 1. The third-order valence-electron chi connectivity index (χ3n) is 5.73. The SMILES string of the molecule is C=C/C=C(\C=C)CCNc1nc(N2CC(C)OC(C)C2)c2c(c1C#N)CC(C)(C)OC2. The smallest absolute Gasteiger partial charge is 0.146 e. The molecule has 166 valence electrons. The third kappa shape index (κ3) is 5.36. The molecule has 0 bridgehead atoms. The summed E-state index contributed by atoms with van der Waals surface area (Å²) >= 11 is 0. The number of fused-ring (bicyclic) bond motifs is 1. The van der Waals surface area contributed by atoms with Gasteiger partial charge in [-0.2, -0.15) is 5.26 Å². The molecule has 0 amide bonds. The predicted octanol–water partition coefficient (Wildman–Crippen LogP) is 4.52. The Hall–Kier alpha value is -2.62. The maximum absolute atomic E-state index is 10.0. The molecule has 1 aromatic heterocycles. The van der Waals surface area contributed by atoms with Crippen molar-refractivity contribution in [3.05, 3.63) is 53.6 Å². The number of aromatic nitrogens is 1. The average molecular weight is 423 g/mol. The van der Waals surface area contributed by atoms with E-state index in [1.807, 2.05) is 12.2 Å². The molecule has 0 radical (unpaired) electrons. The van der Waals surface area contributed by atoms with Gasteiger partial charge in [0.25, 0.3) is 0 Å². The second-order valence-corrected chi connectivity index (χ2v) is 8.97. The zero-order valence-corrected chi connectivity index (χ0v) is 19.2. The van der Waals surface area contributed by atoms with E-state index in [0.717, 1.165) is 42.0 Å². The fourth-order valence-electron chi connectivity index (χ4n) is 4.34. The Morgan fingerprint density at radius 3 is 2.61 bits per heavy atom. The number of hydrogen-bond acceptors (Lipinski definition) is 6. The van der Waals surface area contributed by atoms with E-state index in [1.54, 1.807) is 6.08 Å². The Kier molecular flexibility index (Phi) is 7.19. The molecule has 0 aromatic carbocycles. The highest BCUT2D eigenvalue weighted by atomic mass is 16.5. The molecule has 3 rings (SSSR count). The molecule has 1 aromatic rings. The fourth-order valence-corrected chi connectivity index (χ4v) is 4.34. The second kappa shape index (κ2) is 9.67. The predicted molar refractivity (Wildman–Crippen MR) is 125 cm³/mol. The topological polar surface area (TPSA) is 70.4 Å². The molecule has 3 heterocycles. The highest BCUT2D eigenvalue weighted by Crippen LogP contribution is 2.38. The molecule has 0 spiro atoms. The van der Waals surface area contributed by atoms with Crippen LogP contribution in [0.5, 0.6) is 0 Å². The average Bonchev–Trinajstić information content (AvgIpc) is 2.70. The number of rotatable bonds is 7. The van der Waals surface area contributed by atoms with Crippen LogP contribution in [0.25, 0.3) is 0 Å². The van der Waals surface area contributed by atoms with E-state index in [-0.39, 0.29) is 17.8 Å². The van der Waals surface area contributed by atoms with Crippen LogP contribution >= 0.6 is 0 Å². The Balaban J connectivity index is 2.00. The molecule has 0 saturated carbocycles. The number of morpholine rings is 1. The normalized spacial score (nSPS) is 22.9. The van der Waals surface area contributed by atoms with Crippen LogP contribution in [0.3, 0.4) is 0 Å². The summed E-state index contributed by atoms with van der Waals surface area (Å²) in [6, 6.07) is 2.41. The van der Waals surface area contributed by atoms with Gasteiger partial charge >= 0.3 is 0 Å². The molecule has 0 aliphatic carbocycles. The Morgan fingerprint density at radius 2 is 2.00 bits per heavy atom. The van der Waals surface area contributed by atoms with E-state index < -0.39 is 0 Å². The first-order valence-electron chi connectivity index (χ1n) is 11.0. The monoisotopic (exact) mass is 422 g/mol. The molecular weight excluding hydrogens is 388 g/mol. The van der Waals surface area contributed by atoms with Crippen LogP contribution in [0.1, 0.15) is 50.8 Å². The molecule has 6 nitrogen and oxygen atoms in total. The lowest BCUT2D eigenvalue weighted by atomic mass is 9.88. The quantitative estimate of drug-likeness (QED) is 0.652. The standard InChI is InChI=1S/C25H34N4O2/c1-7-9-19(8-2)10-11-27-23-21(13-26)20-12-25(5,6)30-16-22(20)24(28-23)29-14-17(3)31-18(4)15-29/h7-9,17-18H,1-2,10-12,14-16H2,3-6H3,(H,27,28)/b19-9+. The van der Waals surface area contributed by atoms with Gasteiger partial charge in [-0.05, 0) is 45.3 Å². The van der Waals surface area contributed by atoms with E-state index >= 15 is 0 Å². The lowest BCUT2D eigenvalue weighted by molar-refractivity contribution is -0.0405. The molecular formula is C25H34N4O2. The van der Waals surface area contributed by atoms with Crippen molar-refractivity contribution >= 4 is 11.6 Å². The van der Waals surface area contributed by atoms with Crippen molar-refractivity contribution in [1.29, 1.82) is 5.26 Å². The van der Waals surface area contributed by atoms with E-state index in [4.69, 9.17) is 14.5 Å². The van der Waals surface area contributed by atoms with Crippen LogP contribution in [0.15, 0.2) is 37.0 Å². The molecule has 1 saturated heterocycles. The first-order valence-corrected chi connectivity index (χ1v) is 11.0. The van der Waals surface area contributed by atoms with Gasteiger partial charge in [0.05, 0.1) is 30.0 Å². The first kappa shape index (κ1) is 23.1. The zero-order chi connectivity index (χ0) is 22.6. The second-order valence-electron chi connectivity index (χ2n) is 8.97. The molecule has 6 heteroatoms. The summed E-state index contributed by atoms with van der Waals surface area (Å²) in [6.07, 6.45) is 7.23. The van der Waals surface area contributed by atoms with E-state index in [0.29, 0.717) is 31.0 Å². The largest absolute Gasteiger partial charge is 0.372 e. The minimum absolute atomic E-state index is 0.119. The Bertz CT molecular complexity index is 903. The number of anilines is 2. The van der Waals surface area contributed by atoms with Crippen molar-refractivity contribution < 1.29 is 9.47 Å². The van der Waals surface area contributed by atoms with Crippen LogP contribution in [0.4, 0.5) is 11.6 Å². The Labute approximate surface area is 186 Å². The van der Waals surface area contributed by atoms with Crippen molar-refractivity contribution in [1.82, 2.24) is 4.98 Å². The highest BCUT2D eigenvalue weighted by Gasteiger charge is 2.34. The molecule has 1 fully saturated rings. The lowest BCUT2D eigenvalue weighted by Gasteiger charge is -2.40. The minimum atomic E-state index is -0.317. The van der Waals surface area contributed by atoms with Gasteiger partial charge in [-0.25, -0.2) is 4.98 Å². The van der Waals surface area contributed by atoms with Crippen LogP contribution in [0, 0.1) is 11.3 Å². The van der Waals surface area contributed by atoms with Gasteiger partial charge in [0.2, 0.25) is 0 Å². The summed E-state index contributed by atoms with van der Waals surface area (Å²) in [5.41, 5.74) is 3.47. The van der Waals surface area contributed by atoms with E-state index in [9.17, 15) is 5.26 Å². The fraction of sp³-hybridized carbons (Fsp3) is 0.520. The number of pyridine rings is 1. The van der Waals surface area contributed by atoms with Crippen LogP contribution in [-0.2, 0) is 22.5 Å². The first-order chi connectivity index (χ1) is 14.8. The number of nitriles is 1. The molecule has 31 heavy (non-hydrogen) atoms. The van der Waals surface area contributed by atoms with Crippen LogP contribution in [0.2, 0.25) is 0 Å². The summed E-state index contributed by atoms with van der Waals surface area (Å²) in [5.74, 6) is 1.54. The van der Waals surface area contributed by atoms with Gasteiger partial charge in [0, 0.05) is 31.6 Å². The zero-order valence-electron chi connectivity index (χ0n) is 19.2. The van der Waals surface area contributed by atoms with Crippen molar-refractivity contribution in [3.8, 4) is 6.07 Å². The van der Waals surface area contributed by atoms with E-state index in [1.165, 1.54) is 0 Å². The minimum Gasteiger partial charge on any atom is -0.372 e. The van der Waals surface area contributed by atoms with Gasteiger partial charge in [0.1, 0.15) is 17.7 Å². The number of allylic oxidation sites excluding steroid dienone is 3. The lowest BCUT2D eigenvalue weighted by Crippen LogP contribution is -2.47. The van der Waals surface area contributed by atoms with Gasteiger partial charge < -0.3 is 19.7 Å². The Morgan fingerprint density at radius 1 is 1.29 bits per heavy atom. The van der Waals surface area contributed by atoms with Crippen molar-refractivity contribution in [2.45, 2.75) is 65.0 Å². The van der Waals surface area contributed by atoms with Crippen LogP contribution in [-0.4, -0.2) is 42.4 Å². The molecule has 2 aliphatic heterocycles. The summed E-state index contributed by atoms with van der Waals surface area (Å²) < 4.78 is 12.0. The van der Waals surface area contributed by atoms with Gasteiger partial charge in [-0.1, -0.05) is 31.4 Å². The number of nitrogens with zero attached hydrogens (tertiary/aromatic N) is 3. The highest BCUT2D eigenvalue weighted by molar-refractivity contribution is 5.67. The number of ether oxygens (including phenoxy) is 2. The van der Waals surface area contributed by atoms with Gasteiger partial charge in [0.15, 0.2) is 0 Å². The van der Waals surface area contributed by atoms with Crippen LogP contribution < -0.4 is 10.2 Å². The van der Waals surface area contributed by atoms with Crippen molar-refractivity contribution in [3.63, 3.8) is 0 Å². The number of hydrogen-bond donors (Lipinski definition) is 1.